The van der Waals surface area contributed by atoms with E-state index in [2.05, 4.69) is 22.0 Å². The lowest BCUT2D eigenvalue weighted by Crippen LogP contribution is -2.47. The summed E-state index contributed by atoms with van der Waals surface area (Å²) in [6.07, 6.45) is 7.49. The van der Waals surface area contributed by atoms with E-state index in [1.807, 2.05) is 4.90 Å². The van der Waals surface area contributed by atoms with Crippen molar-refractivity contribution in [2.75, 3.05) is 13.1 Å². The van der Waals surface area contributed by atoms with E-state index in [4.69, 9.17) is 4.52 Å². The fourth-order valence-electron chi connectivity index (χ4n) is 3.24. The maximum Gasteiger partial charge on any atom is 0.255 e. The number of amides is 1. The van der Waals surface area contributed by atoms with E-state index in [9.17, 15) is 4.79 Å². The van der Waals surface area contributed by atoms with Gasteiger partial charge in [0.15, 0.2) is 5.82 Å². The molecule has 1 unspecified atom stereocenters. The smallest absolute Gasteiger partial charge is 0.255 e. The largest absolute Gasteiger partial charge is 0.339 e. The summed E-state index contributed by atoms with van der Waals surface area (Å²) in [5.41, 5.74) is 0.385. The first-order chi connectivity index (χ1) is 11.2. The molecule has 0 radical (unpaired) electrons. The van der Waals surface area contributed by atoms with Crippen molar-refractivity contribution in [3.05, 3.63) is 41.8 Å². The molecular formula is C17H20N4O2. The Hall–Kier alpha value is -2.24. The number of nitrogens with zero attached hydrogens (tertiary/aromatic N) is 4. The molecule has 0 aromatic carbocycles. The molecule has 3 heterocycles. The molecule has 6 heteroatoms. The number of piperidine rings is 1. The Morgan fingerprint density at radius 1 is 1.43 bits per heavy atom. The minimum absolute atomic E-state index is 0.0231. The van der Waals surface area contributed by atoms with Crippen LogP contribution in [0.4, 0.5) is 0 Å². The van der Waals surface area contributed by atoms with Crippen molar-refractivity contribution in [1.29, 1.82) is 0 Å². The van der Waals surface area contributed by atoms with Crippen molar-refractivity contribution in [3.63, 3.8) is 0 Å². The standard InChI is InChI=1S/C17H20N4O2/c1-17(16-19-14(23-20-16)12-5-6-12)7-3-9-21(11-17)15(22)13-4-2-8-18-10-13/h2,4,8,10,12H,3,5-7,9,11H2,1H3. The molecule has 1 saturated carbocycles. The zero-order valence-electron chi connectivity index (χ0n) is 13.2. The molecule has 2 fully saturated rings. The number of hydrogen-bond donors (Lipinski definition) is 0. The van der Waals surface area contributed by atoms with E-state index in [-0.39, 0.29) is 11.3 Å². The molecule has 23 heavy (non-hydrogen) atoms. The third-order valence-electron chi connectivity index (χ3n) is 4.80. The van der Waals surface area contributed by atoms with Crippen LogP contribution in [0.1, 0.15) is 60.6 Å². The molecule has 0 bridgehead atoms. The van der Waals surface area contributed by atoms with Crippen LogP contribution in [-0.2, 0) is 5.41 Å². The lowest BCUT2D eigenvalue weighted by Gasteiger charge is -2.38. The zero-order chi connectivity index (χ0) is 15.9. The van der Waals surface area contributed by atoms with E-state index in [0.29, 0.717) is 18.0 Å². The lowest BCUT2D eigenvalue weighted by atomic mass is 9.81. The highest BCUT2D eigenvalue weighted by molar-refractivity contribution is 5.94. The summed E-state index contributed by atoms with van der Waals surface area (Å²) in [7, 11) is 0. The molecule has 0 N–H and O–H groups in total. The molecule has 1 saturated heterocycles. The van der Waals surface area contributed by atoms with Crippen LogP contribution < -0.4 is 0 Å². The second-order valence-corrected chi connectivity index (χ2v) is 6.86. The summed E-state index contributed by atoms with van der Waals surface area (Å²) in [4.78, 5) is 23.2. The van der Waals surface area contributed by atoms with Crippen LogP contribution in [0.15, 0.2) is 29.0 Å². The molecule has 1 amide bonds. The van der Waals surface area contributed by atoms with Crippen LogP contribution in [0.2, 0.25) is 0 Å². The first-order valence-corrected chi connectivity index (χ1v) is 8.19. The van der Waals surface area contributed by atoms with Crippen molar-refractivity contribution in [2.24, 2.45) is 0 Å². The van der Waals surface area contributed by atoms with Gasteiger partial charge in [-0.15, -0.1) is 0 Å². The number of aromatic nitrogens is 3. The summed E-state index contributed by atoms with van der Waals surface area (Å²) < 4.78 is 5.41. The molecule has 6 nitrogen and oxygen atoms in total. The average molecular weight is 312 g/mol. The van der Waals surface area contributed by atoms with E-state index >= 15 is 0 Å². The quantitative estimate of drug-likeness (QED) is 0.871. The number of carbonyl (C=O) groups excluding carboxylic acids is 1. The van der Waals surface area contributed by atoms with Gasteiger partial charge in [0.2, 0.25) is 5.89 Å². The molecule has 4 rings (SSSR count). The van der Waals surface area contributed by atoms with Crippen LogP contribution in [0.25, 0.3) is 0 Å². The predicted octanol–water partition coefficient (Wildman–Crippen LogP) is 2.54. The van der Waals surface area contributed by atoms with E-state index in [0.717, 1.165) is 43.9 Å². The minimum atomic E-state index is -0.243. The summed E-state index contributed by atoms with van der Waals surface area (Å²) in [5.74, 6) is 1.98. The number of likely N-dealkylation sites (tertiary alicyclic amines) is 1. The highest BCUT2D eigenvalue weighted by Gasteiger charge is 2.40. The van der Waals surface area contributed by atoms with Gasteiger partial charge in [-0.25, -0.2) is 0 Å². The molecule has 1 aliphatic heterocycles. The maximum absolute atomic E-state index is 12.7. The van der Waals surface area contributed by atoms with Crippen molar-refractivity contribution in [1.82, 2.24) is 20.0 Å². The minimum Gasteiger partial charge on any atom is -0.339 e. The molecule has 2 aromatic heterocycles. The van der Waals surface area contributed by atoms with Crippen LogP contribution in [0.3, 0.4) is 0 Å². The molecular weight excluding hydrogens is 292 g/mol. The van der Waals surface area contributed by atoms with Crippen molar-refractivity contribution in [2.45, 2.75) is 43.9 Å². The van der Waals surface area contributed by atoms with Gasteiger partial charge in [-0.05, 0) is 37.8 Å². The monoisotopic (exact) mass is 312 g/mol. The topological polar surface area (TPSA) is 72.1 Å². The van der Waals surface area contributed by atoms with Crippen molar-refractivity contribution >= 4 is 5.91 Å². The second-order valence-electron chi connectivity index (χ2n) is 6.86. The lowest BCUT2D eigenvalue weighted by molar-refractivity contribution is 0.0641. The normalized spacial score (nSPS) is 24.7. The van der Waals surface area contributed by atoms with Gasteiger partial charge in [0.05, 0.1) is 5.56 Å². The molecule has 120 valence electrons. The van der Waals surface area contributed by atoms with Crippen molar-refractivity contribution in [3.8, 4) is 0 Å². The summed E-state index contributed by atoms with van der Waals surface area (Å²) in [5, 5.41) is 4.20. The number of hydrogen-bond acceptors (Lipinski definition) is 5. The molecule has 1 atom stereocenters. The summed E-state index contributed by atoms with van der Waals surface area (Å²) in [6.45, 7) is 3.50. The zero-order valence-corrected chi connectivity index (χ0v) is 13.2. The van der Waals surface area contributed by atoms with Crippen LogP contribution in [0, 0.1) is 0 Å². The molecule has 2 aromatic rings. The van der Waals surface area contributed by atoms with Gasteiger partial charge in [0.25, 0.3) is 5.91 Å². The third kappa shape index (κ3) is 2.73. The highest BCUT2D eigenvalue weighted by atomic mass is 16.5. The fraction of sp³-hybridized carbons (Fsp3) is 0.529. The first kappa shape index (κ1) is 14.4. The average Bonchev–Trinajstić information content (AvgIpc) is 3.31. The predicted molar refractivity (Wildman–Crippen MR) is 83.0 cm³/mol. The number of carbonyl (C=O) groups is 1. The van der Waals surface area contributed by atoms with Gasteiger partial charge >= 0.3 is 0 Å². The van der Waals surface area contributed by atoms with Crippen molar-refractivity contribution < 1.29 is 9.32 Å². The Balaban J connectivity index is 1.54. The Morgan fingerprint density at radius 2 is 2.30 bits per heavy atom. The number of rotatable bonds is 3. The van der Waals surface area contributed by atoms with Gasteiger partial charge < -0.3 is 9.42 Å². The first-order valence-electron chi connectivity index (χ1n) is 8.19. The van der Waals surface area contributed by atoms with Gasteiger partial charge in [0.1, 0.15) is 0 Å². The Labute approximate surface area is 134 Å². The molecule has 0 spiro atoms. The summed E-state index contributed by atoms with van der Waals surface area (Å²) >= 11 is 0. The van der Waals surface area contributed by atoms with E-state index < -0.39 is 0 Å². The van der Waals surface area contributed by atoms with Crippen LogP contribution in [0.5, 0.6) is 0 Å². The maximum atomic E-state index is 12.7. The van der Waals surface area contributed by atoms with Crippen LogP contribution in [-0.4, -0.2) is 39.0 Å². The number of pyridine rings is 1. The molecule has 2 aliphatic rings. The molecule has 1 aliphatic carbocycles. The van der Waals surface area contributed by atoms with E-state index in [1.54, 1.807) is 24.5 Å². The van der Waals surface area contributed by atoms with Crippen LogP contribution >= 0.6 is 0 Å². The van der Waals surface area contributed by atoms with Gasteiger partial charge in [-0.2, -0.15) is 4.98 Å². The Kier molecular flexibility index (Phi) is 3.39. The van der Waals surface area contributed by atoms with E-state index in [1.165, 1.54) is 0 Å². The Bertz CT molecular complexity index is 710. The van der Waals surface area contributed by atoms with Gasteiger partial charge in [-0.1, -0.05) is 12.1 Å². The third-order valence-corrected chi connectivity index (χ3v) is 4.80. The Morgan fingerprint density at radius 3 is 3.04 bits per heavy atom. The SMILES string of the molecule is CC1(c2noc(C3CC3)n2)CCCN(C(=O)c2cccnc2)C1. The van der Waals surface area contributed by atoms with Gasteiger partial charge in [-0.3, -0.25) is 9.78 Å². The summed E-state index contributed by atoms with van der Waals surface area (Å²) in [6, 6.07) is 3.60. The highest BCUT2D eigenvalue weighted by Crippen LogP contribution is 2.40. The fourth-order valence-corrected chi connectivity index (χ4v) is 3.24. The van der Waals surface area contributed by atoms with Gasteiger partial charge in [0, 0.05) is 36.8 Å². The second kappa shape index (κ2) is 5.44.